The Morgan fingerprint density at radius 2 is 2.00 bits per heavy atom. The van der Waals surface area contributed by atoms with E-state index in [1.807, 2.05) is 6.92 Å². The topological polar surface area (TPSA) is 21.3 Å². The lowest BCUT2D eigenvalue weighted by Gasteiger charge is -2.23. The summed E-state index contributed by atoms with van der Waals surface area (Å²) in [5, 5.41) is 3.22. The molecule has 4 heteroatoms. The van der Waals surface area contributed by atoms with E-state index in [1.54, 1.807) is 12.1 Å². The second-order valence-electron chi connectivity index (χ2n) is 3.32. The summed E-state index contributed by atoms with van der Waals surface area (Å²) >= 11 is 0. The van der Waals surface area contributed by atoms with Crippen LogP contribution < -0.4 is 5.32 Å². The lowest BCUT2D eigenvalue weighted by Crippen LogP contribution is -2.34. The minimum Gasteiger partial charge on any atom is -0.355 e. The quantitative estimate of drug-likeness (QED) is 0.778. The van der Waals surface area contributed by atoms with Crippen LogP contribution in [0.5, 0.6) is 0 Å². The van der Waals surface area contributed by atoms with Crippen molar-refractivity contribution in [2.45, 2.75) is 12.6 Å². The van der Waals surface area contributed by atoms with Crippen LogP contribution >= 0.6 is 12.4 Å². The fraction of sp³-hybridized carbons (Fsp3) is 0.400. The Hall–Kier alpha value is -0.640. The molecule has 1 aliphatic rings. The maximum atomic E-state index is 12.6. The fourth-order valence-electron chi connectivity index (χ4n) is 1.55. The summed E-state index contributed by atoms with van der Waals surface area (Å²) in [5.41, 5.74) is 0.527. The second-order valence-corrected chi connectivity index (χ2v) is 3.32. The highest BCUT2D eigenvalue weighted by Gasteiger charge is 2.30. The van der Waals surface area contributed by atoms with Gasteiger partial charge in [0, 0.05) is 6.54 Å². The molecule has 1 fully saturated rings. The van der Waals surface area contributed by atoms with Gasteiger partial charge in [-0.2, -0.15) is 0 Å². The molecule has 1 N–H and O–H groups in total. The zero-order valence-electron chi connectivity index (χ0n) is 7.92. The predicted octanol–water partition coefficient (Wildman–Crippen LogP) is 2.04. The Morgan fingerprint density at radius 3 is 2.50 bits per heavy atom. The van der Waals surface area contributed by atoms with Gasteiger partial charge in [-0.1, -0.05) is 12.1 Å². The number of ether oxygens (including phenoxy) is 1. The molecule has 0 aliphatic carbocycles. The van der Waals surface area contributed by atoms with E-state index in [1.165, 1.54) is 12.1 Å². The molecule has 0 amide bonds. The van der Waals surface area contributed by atoms with Gasteiger partial charge in [0.05, 0.1) is 6.61 Å². The molecule has 0 spiro atoms. The number of halogens is 2. The van der Waals surface area contributed by atoms with Crippen molar-refractivity contribution in [2.24, 2.45) is 0 Å². The van der Waals surface area contributed by atoms with Crippen LogP contribution in [0.2, 0.25) is 0 Å². The van der Waals surface area contributed by atoms with E-state index in [0.717, 1.165) is 12.1 Å². The lowest BCUT2D eigenvalue weighted by molar-refractivity contribution is 0.00243. The summed E-state index contributed by atoms with van der Waals surface area (Å²) in [7, 11) is 0. The summed E-state index contributed by atoms with van der Waals surface area (Å²) < 4.78 is 18.2. The molecule has 1 aliphatic heterocycles. The Morgan fingerprint density at radius 1 is 1.36 bits per heavy atom. The Labute approximate surface area is 88.9 Å². The molecule has 1 aromatic rings. The van der Waals surface area contributed by atoms with Crippen molar-refractivity contribution >= 4 is 12.4 Å². The van der Waals surface area contributed by atoms with Gasteiger partial charge in [0.2, 0.25) is 0 Å². The molecule has 78 valence electrons. The molecule has 1 aromatic carbocycles. The van der Waals surface area contributed by atoms with Crippen molar-refractivity contribution in [3.8, 4) is 0 Å². The number of nitrogens with one attached hydrogen (secondary N) is 1. The van der Waals surface area contributed by atoms with Crippen LogP contribution in [-0.2, 0) is 10.5 Å². The monoisotopic (exact) mass is 217 g/mol. The number of hydrogen-bond donors (Lipinski definition) is 1. The molecule has 1 heterocycles. The lowest BCUT2D eigenvalue weighted by atomic mass is 10.1. The maximum absolute atomic E-state index is 12.6. The van der Waals surface area contributed by atoms with E-state index in [-0.39, 0.29) is 18.2 Å². The van der Waals surface area contributed by atoms with Crippen LogP contribution in [0.3, 0.4) is 0 Å². The van der Waals surface area contributed by atoms with Crippen molar-refractivity contribution in [3.05, 3.63) is 35.6 Å². The molecule has 1 saturated heterocycles. The van der Waals surface area contributed by atoms with Crippen molar-refractivity contribution in [1.29, 1.82) is 0 Å². The van der Waals surface area contributed by atoms with Gasteiger partial charge in [-0.3, -0.25) is 5.32 Å². The highest BCUT2D eigenvalue weighted by Crippen LogP contribution is 2.25. The third-order valence-electron chi connectivity index (χ3n) is 2.35. The highest BCUT2D eigenvalue weighted by atomic mass is 35.5. The van der Waals surface area contributed by atoms with Crippen molar-refractivity contribution in [1.82, 2.24) is 5.32 Å². The van der Waals surface area contributed by atoms with Gasteiger partial charge in [-0.05, 0) is 24.6 Å². The van der Waals surface area contributed by atoms with Crippen molar-refractivity contribution in [2.75, 3.05) is 13.2 Å². The van der Waals surface area contributed by atoms with Crippen LogP contribution in [0.15, 0.2) is 24.3 Å². The summed E-state index contributed by atoms with van der Waals surface area (Å²) in [6.07, 6.45) is 0. The van der Waals surface area contributed by atoms with Gasteiger partial charge in [-0.15, -0.1) is 12.4 Å². The molecular weight excluding hydrogens is 205 g/mol. The van der Waals surface area contributed by atoms with E-state index in [2.05, 4.69) is 5.32 Å². The van der Waals surface area contributed by atoms with Gasteiger partial charge < -0.3 is 4.74 Å². The molecular formula is C10H13ClFNO. The molecule has 2 rings (SSSR count). The minimum absolute atomic E-state index is 0. The Kier molecular flexibility index (Phi) is 3.48. The summed E-state index contributed by atoms with van der Waals surface area (Å²) in [6, 6.07) is 6.38. The van der Waals surface area contributed by atoms with Gasteiger partial charge in [-0.25, -0.2) is 4.39 Å². The van der Waals surface area contributed by atoms with Crippen molar-refractivity contribution < 1.29 is 9.13 Å². The van der Waals surface area contributed by atoms with Crippen LogP contribution in [-0.4, -0.2) is 13.2 Å². The highest BCUT2D eigenvalue weighted by molar-refractivity contribution is 5.85. The summed E-state index contributed by atoms with van der Waals surface area (Å²) in [4.78, 5) is 0. The number of hydrogen-bond acceptors (Lipinski definition) is 2. The first-order valence-electron chi connectivity index (χ1n) is 4.36. The van der Waals surface area contributed by atoms with Crippen LogP contribution in [0.25, 0.3) is 0 Å². The smallest absolute Gasteiger partial charge is 0.142 e. The Bertz CT molecular complexity index is 295. The average molecular weight is 218 g/mol. The Balaban J connectivity index is 0.000000980. The van der Waals surface area contributed by atoms with Gasteiger partial charge >= 0.3 is 0 Å². The first kappa shape index (κ1) is 11.4. The van der Waals surface area contributed by atoms with Gasteiger partial charge in [0.1, 0.15) is 11.5 Å². The molecule has 1 unspecified atom stereocenters. The SMILES string of the molecule is CC1(c2ccc(F)cc2)NCCO1.Cl. The zero-order chi connectivity index (χ0) is 9.31. The first-order chi connectivity index (χ1) is 6.21. The van der Waals surface area contributed by atoms with Gasteiger partial charge in [0.15, 0.2) is 0 Å². The second kappa shape index (κ2) is 4.26. The number of rotatable bonds is 1. The normalized spacial score (nSPS) is 25.9. The predicted molar refractivity (Wildman–Crippen MR) is 55.0 cm³/mol. The van der Waals surface area contributed by atoms with E-state index in [4.69, 9.17) is 4.74 Å². The molecule has 0 radical (unpaired) electrons. The summed E-state index contributed by atoms with van der Waals surface area (Å²) in [6.45, 7) is 3.50. The largest absolute Gasteiger partial charge is 0.355 e. The van der Waals surface area contributed by atoms with Crippen LogP contribution in [0.1, 0.15) is 12.5 Å². The van der Waals surface area contributed by atoms with Crippen LogP contribution in [0.4, 0.5) is 4.39 Å². The van der Waals surface area contributed by atoms with Crippen molar-refractivity contribution in [3.63, 3.8) is 0 Å². The molecule has 0 bridgehead atoms. The molecule has 2 nitrogen and oxygen atoms in total. The fourth-order valence-corrected chi connectivity index (χ4v) is 1.55. The molecule has 0 aromatic heterocycles. The molecule has 1 atom stereocenters. The zero-order valence-corrected chi connectivity index (χ0v) is 8.73. The van der Waals surface area contributed by atoms with Gasteiger partial charge in [0.25, 0.3) is 0 Å². The number of benzene rings is 1. The maximum Gasteiger partial charge on any atom is 0.142 e. The van der Waals surface area contributed by atoms with E-state index < -0.39 is 5.72 Å². The van der Waals surface area contributed by atoms with E-state index in [9.17, 15) is 4.39 Å². The molecule has 14 heavy (non-hydrogen) atoms. The first-order valence-corrected chi connectivity index (χ1v) is 4.36. The third-order valence-corrected chi connectivity index (χ3v) is 2.35. The standard InChI is InChI=1S/C10H12FNO.ClH/c1-10(12-6-7-13-10)8-2-4-9(11)5-3-8;/h2-5,12H,6-7H2,1H3;1H. The third kappa shape index (κ3) is 2.05. The average Bonchev–Trinajstić information content (AvgIpc) is 2.54. The molecule has 0 saturated carbocycles. The van der Waals surface area contributed by atoms with E-state index in [0.29, 0.717) is 6.61 Å². The minimum atomic E-state index is -0.437. The van der Waals surface area contributed by atoms with E-state index >= 15 is 0 Å². The summed E-state index contributed by atoms with van der Waals surface area (Å²) in [5.74, 6) is -0.217. The van der Waals surface area contributed by atoms with Crippen LogP contribution in [0, 0.1) is 5.82 Å².